The van der Waals surface area contributed by atoms with Crippen LogP contribution < -0.4 is 16.4 Å². The molecule has 0 bridgehead atoms. The fourth-order valence-corrected chi connectivity index (χ4v) is 3.84. The number of aryl methyl sites for hydroxylation is 1. The number of benzene rings is 1. The van der Waals surface area contributed by atoms with Crippen LogP contribution in [0.25, 0.3) is 9.88 Å². The molecule has 8 heteroatoms. The number of urea groups is 1. The molecule has 3 rings (SSSR count). The lowest BCUT2D eigenvalue weighted by molar-refractivity contribution is 0.103. The number of carbonyl (C=O) groups excluding carboxylic acids is 2. The number of thiazole rings is 1. The molecule has 1 aromatic carbocycles. The largest absolute Gasteiger partial charge is 0.351 e. The molecule has 0 aliphatic heterocycles. The Bertz CT molecular complexity index is 870. The molecule has 0 saturated carbocycles. The lowest BCUT2D eigenvalue weighted by Crippen LogP contribution is -2.19. The summed E-state index contributed by atoms with van der Waals surface area (Å²) in [5.74, 6) is -0.205. The van der Waals surface area contributed by atoms with Crippen LogP contribution in [0.5, 0.6) is 0 Å². The summed E-state index contributed by atoms with van der Waals surface area (Å²) in [5, 5.41) is 8.11. The van der Waals surface area contributed by atoms with Gasteiger partial charge in [0.25, 0.3) is 5.91 Å². The minimum absolute atomic E-state index is 0.205. The van der Waals surface area contributed by atoms with Gasteiger partial charge in [0, 0.05) is 11.4 Å². The van der Waals surface area contributed by atoms with Crippen LogP contribution in [0.1, 0.15) is 15.4 Å². The summed E-state index contributed by atoms with van der Waals surface area (Å²) in [6.45, 7) is 1.82. The molecule has 0 radical (unpaired) electrons. The lowest BCUT2D eigenvalue weighted by atomic mass is 10.2. The fraction of sp³-hybridized carbons (Fsp3) is 0.0625. The van der Waals surface area contributed by atoms with E-state index in [1.807, 2.05) is 24.4 Å². The Balaban J connectivity index is 1.74. The Morgan fingerprint density at radius 3 is 2.33 bits per heavy atom. The highest BCUT2D eigenvalue weighted by Gasteiger charge is 2.16. The maximum absolute atomic E-state index is 12.5. The number of carbonyl (C=O) groups is 2. The van der Waals surface area contributed by atoms with E-state index in [0.717, 1.165) is 9.88 Å². The smallest absolute Gasteiger partial charge is 0.316 e. The molecule has 3 amide bonds. The lowest BCUT2D eigenvalue weighted by Gasteiger charge is -2.06. The fourth-order valence-electron chi connectivity index (χ4n) is 2.08. The number of nitrogens with zero attached hydrogens (tertiary/aromatic N) is 1. The molecule has 0 fully saturated rings. The van der Waals surface area contributed by atoms with E-state index in [0.29, 0.717) is 21.9 Å². The van der Waals surface area contributed by atoms with Gasteiger partial charge in [0.05, 0.1) is 10.6 Å². The SMILES string of the molecule is Cc1nc(-c2cccs2)sc1C(=O)Nc1ccc(NC(N)=O)cc1. The maximum Gasteiger partial charge on any atom is 0.316 e. The topological polar surface area (TPSA) is 97.1 Å². The van der Waals surface area contributed by atoms with E-state index in [1.165, 1.54) is 11.3 Å². The summed E-state index contributed by atoms with van der Waals surface area (Å²) in [4.78, 5) is 29.3. The first-order chi connectivity index (χ1) is 11.5. The van der Waals surface area contributed by atoms with Crippen molar-refractivity contribution in [3.8, 4) is 9.88 Å². The molecule has 0 atom stereocenters. The molecule has 0 aliphatic carbocycles. The monoisotopic (exact) mass is 358 g/mol. The summed E-state index contributed by atoms with van der Waals surface area (Å²) >= 11 is 2.96. The first-order valence-corrected chi connectivity index (χ1v) is 8.72. The Morgan fingerprint density at radius 1 is 1.08 bits per heavy atom. The number of rotatable bonds is 4. The number of nitrogens with one attached hydrogen (secondary N) is 2. The molecule has 122 valence electrons. The third-order valence-electron chi connectivity index (χ3n) is 3.15. The van der Waals surface area contributed by atoms with Crippen LogP contribution in [-0.2, 0) is 0 Å². The van der Waals surface area contributed by atoms with Crippen molar-refractivity contribution in [2.45, 2.75) is 6.92 Å². The first kappa shape index (κ1) is 16.2. The van der Waals surface area contributed by atoms with Gasteiger partial charge in [0.1, 0.15) is 9.88 Å². The molecule has 2 heterocycles. The van der Waals surface area contributed by atoms with Crippen LogP contribution in [0.3, 0.4) is 0 Å². The van der Waals surface area contributed by atoms with Gasteiger partial charge >= 0.3 is 6.03 Å². The number of hydrogen-bond acceptors (Lipinski definition) is 5. The predicted molar refractivity (Wildman–Crippen MR) is 97.8 cm³/mol. The molecule has 0 aliphatic rings. The quantitative estimate of drug-likeness (QED) is 0.659. The number of amides is 3. The van der Waals surface area contributed by atoms with Gasteiger partial charge < -0.3 is 16.4 Å². The average molecular weight is 358 g/mol. The van der Waals surface area contributed by atoms with Crippen molar-refractivity contribution in [1.82, 2.24) is 4.98 Å². The van der Waals surface area contributed by atoms with Crippen molar-refractivity contribution in [2.75, 3.05) is 10.6 Å². The molecule has 2 aromatic heterocycles. The van der Waals surface area contributed by atoms with E-state index < -0.39 is 6.03 Å². The third-order valence-corrected chi connectivity index (χ3v) is 5.34. The summed E-state index contributed by atoms with van der Waals surface area (Å²) < 4.78 is 0. The van der Waals surface area contributed by atoms with Crippen LogP contribution in [0.4, 0.5) is 16.2 Å². The van der Waals surface area contributed by atoms with Gasteiger partial charge in [0.2, 0.25) is 0 Å². The van der Waals surface area contributed by atoms with Gasteiger partial charge in [-0.25, -0.2) is 9.78 Å². The van der Waals surface area contributed by atoms with Gasteiger partial charge in [-0.3, -0.25) is 4.79 Å². The maximum atomic E-state index is 12.5. The van der Waals surface area contributed by atoms with Crippen molar-refractivity contribution in [3.05, 3.63) is 52.3 Å². The van der Waals surface area contributed by atoms with Gasteiger partial charge in [-0.1, -0.05) is 6.07 Å². The third kappa shape index (κ3) is 3.61. The second kappa shape index (κ2) is 6.81. The molecule has 0 unspecified atom stereocenters. The van der Waals surface area contributed by atoms with Gasteiger partial charge in [-0.2, -0.15) is 0 Å². The number of primary amides is 1. The highest BCUT2D eigenvalue weighted by atomic mass is 32.1. The molecular weight excluding hydrogens is 344 g/mol. The first-order valence-electron chi connectivity index (χ1n) is 7.02. The van der Waals surface area contributed by atoms with Crippen LogP contribution in [-0.4, -0.2) is 16.9 Å². The molecule has 24 heavy (non-hydrogen) atoms. The Morgan fingerprint density at radius 2 is 1.75 bits per heavy atom. The normalized spacial score (nSPS) is 10.4. The number of aromatic nitrogens is 1. The van der Waals surface area contributed by atoms with Crippen molar-refractivity contribution in [1.29, 1.82) is 0 Å². The van der Waals surface area contributed by atoms with Gasteiger partial charge in [0.15, 0.2) is 0 Å². The van der Waals surface area contributed by atoms with E-state index in [4.69, 9.17) is 5.73 Å². The van der Waals surface area contributed by atoms with E-state index in [9.17, 15) is 9.59 Å². The van der Waals surface area contributed by atoms with Crippen molar-refractivity contribution in [3.63, 3.8) is 0 Å². The second-order valence-corrected chi connectivity index (χ2v) is 6.88. The minimum Gasteiger partial charge on any atom is -0.351 e. The van der Waals surface area contributed by atoms with Crippen molar-refractivity contribution in [2.24, 2.45) is 5.73 Å². The van der Waals surface area contributed by atoms with E-state index in [2.05, 4.69) is 15.6 Å². The number of hydrogen-bond donors (Lipinski definition) is 3. The average Bonchev–Trinajstić information content (AvgIpc) is 3.18. The zero-order chi connectivity index (χ0) is 17.1. The van der Waals surface area contributed by atoms with Gasteiger partial charge in [-0.05, 0) is 42.6 Å². The van der Waals surface area contributed by atoms with Gasteiger partial charge in [-0.15, -0.1) is 22.7 Å². The summed E-state index contributed by atoms with van der Waals surface area (Å²) in [6, 6.07) is 10.0. The molecule has 3 aromatic rings. The molecule has 0 saturated heterocycles. The summed E-state index contributed by atoms with van der Waals surface area (Å²) in [6.07, 6.45) is 0. The van der Waals surface area contributed by atoms with Crippen LogP contribution in [0.15, 0.2) is 41.8 Å². The zero-order valence-corrected chi connectivity index (χ0v) is 14.3. The van der Waals surface area contributed by atoms with Crippen LogP contribution in [0, 0.1) is 6.92 Å². The highest BCUT2D eigenvalue weighted by Crippen LogP contribution is 2.31. The predicted octanol–water partition coefficient (Wildman–Crippen LogP) is 3.92. The van der Waals surface area contributed by atoms with Crippen LogP contribution in [0.2, 0.25) is 0 Å². The van der Waals surface area contributed by atoms with Crippen molar-refractivity contribution >= 4 is 46.0 Å². The van der Waals surface area contributed by atoms with E-state index in [1.54, 1.807) is 35.6 Å². The Labute approximate surface area is 146 Å². The molecule has 6 nitrogen and oxygen atoms in total. The number of anilines is 2. The van der Waals surface area contributed by atoms with E-state index in [-0.39, 0.29) is 5.91 Å². The van der Waals surface area contributed by atoms with E-state index >= 15 is 0 Å². The summed E-state index contributed by atoms with van der Waals surface area (Å²) in [5.41, 5.74) is 6.95. The minimum atomic E-state index is -0.631. The number of thiophene rings is 1. The molecule has 0 spiro atoms. The van der Waals surface area contributed by atoms with Crippen molar-refractivity contribution < 1.29 is 9.59 Å². The zero-order valence-electron chi connectivity index (χ0n) is 12.7. The highest BCUT2D eigenvalue weighted by molar-refractivity contribution is 7.22. The Kier molecular flexibility index (Phi) is 4.59. The molecular formula is C16H14N4O2S2. The standard InChI is InChI=1S/C16H14N4O2S2/c1-9-13(24-15(18-9)12-3-2-8-23-12)14(21)19-10-4-6-11(7-5-10)20-16(17)22/h2-8H,1H3,(H,19,21)(H3,17,20,22). The van der Waals surface area contributed by atoms with Crippen LogP contribution >= 0.6 is 22.7 Å². The second-order valence-electron chi connectivity index (χ2n) is 4.93. The number of nitrogens with two attached hydrogens (primary N) is 1. The molecule has 4 N–H and O–H groups in total. The summed E-state index contributed by atoms with van der Waals surface area (Å²) in [7, 11) is 0. The Hall–Kier alpha value is -2.71.